The van der Waals surface area contributed by atoms with E-state index in [1.807, 2.05) is 18.2 Å². The minimum Gasteiger partial charge on any atom is -0.493 e. The Balaban J connectivity index is 1.53. The van der Waals surface area contributed by atoms with Crippen LogP contribution >= 0.6 is 11.3 Å². The van der Waals surface area contributed by atoms with Gasteiger partial charge in [-0.05, 0) is 30.7 Å². The molecule has 3 aromatic rings. The van der Waals surface area contributed by atoms with Gasteiger partial charge in [-0.25, -0.2) is 0 Å². The van der Waals surface area contributed by atoms with Crippen LogP contribution in [0.4, 0.5) is 0 Å². The van der Waals surface area contributed by atoms with E-state index < -0.39 is 0 Å². The van der Waals surface area contributed by atoms with Crippen molar-refractivity contribution in [2.45, 2.75) is 20.0 Å². The molecule has 4 rings (SSSR count). The zero-order valence-corrected chi connectivity index (χ0v) is 18.4. The van der Waals surface area contributed by atoms with Gasteiger partial charge in [-0.3, -0.25) is 9.69 Å². The molecule has 2 N–H and O–H groups in total. The number of methoxy groups -OCH3 is 2. The van der Waals surface area contributed by atoms with Crippen molar-refractivity contribution in [3.63, 3.8) is 0 Å². The van der Waals surface area contributed by atoms with Crippen molar-refractivity contribution in [1.82, 2.24) is 15.2 Å². The van der Waals surface area contributed by atoms with E-state index in [2.05, 4.69) is 28.2 Å². The SMILES string of the molecule is COc1ccc(CNC(=O)c2[nH]c3cc(C)sc3c2CN2CCOCC2)cc1OC. The number of ether oxygens (including phenoxy) is 3. The van der Waals surface area contributed by atoms with Gasteiger partial charge in [0.1, 0.15) is 5.69 Å². The van der Waals surface area contributed by atoms with E-state index in [-0.39, 0.29) is 5.91 Å². The molecule has 0 unspecified atom stereocenters. The molecule has 2 aromatic heterocycles. The highest BCUT2D eigenvalue weighted by molar-refractivity contribution is 7.19. The third-order valence-corrected chi connectivity index (χ3v) is 6.41. The first kappa shape index (κ1) is 20.7. The fraction of sp³-hybridized carbons (Fsp3) is 0.409. The van der Waals surface area contributed by atoms with Crippen LogP contribution in [0.3, 0.4) is 0 Å². The Hall–Kier alpha value is -2.55. The number of aryl methyl sites for hydroxylation is 1. The maximum absolute atomic E-state index is 13.1. The molecule has 1 aromatic carbocycles. The molecule has 1 aliphatic heterocycles. The average molecular weight is 430 g/mol. The largest absolute Gasteiger partial charge is 0.493 e. The number of morpholine rings is 1. The molecule has 0 bridgehead atoms. The summed E-state index contributed by atoms with van der Waals surface area (Å²) < 4.78 is 17.3. The minimum atomic E-state index is -0.103. The van der Waals surface area contributed by atoms with Gasteiger partial charge in [-0.1, -0.05) is 6.07 Å². The summed E-state index contributed by atoms with van der Waals surface area (Å²) in [6.45, 7) is 6.46. The Labute approximate surface area is 179 Å². The molecule has 0 radical (unpaired) electrons. The van der Waals surface area contributed by atoms with E-state index in [1.54, 1.807) is 25.6 Å². The summed E-state index contributed by atoms with van der Waals surface area (Å²) in [4.78, 5) is 20.0. The second kappa shape index (κ2) is 9.07. The first-order valence-electron chi connectivity index (χ1n) is 9.99. The number of aromatic nitrogens is 1. The number of hydrogen-bond donors (Lipinski definition) is 2. The molecule has 1 fully saturated rings. The Morgan fingerprint density at radius 2 is 1.97 bits per heavy atom. The number of H-pyrrole nitrogens is 1. The molecule has 0 spiro atoms. The van der Waals surface area contributed by atoms with Crippen LogP contribution in [-0.2, 0) is 17.8 Å². The van der Waals surface area contributed by atoms with Gasteiger partial charge in [0.15, 0.2) is 11.5 Å². The quantitative estimate of drug-likeness (QED) is 0.603. The van der Waals surface area contributed by atoms with Gasteiger partial charge < -0.3 is 24.5 Å². The number of rotatable bonds is 7. The van der Waals surface area contributed by atoms with Crippen LogP contribution in [0.1, 0.15) is 26.5 Å². The van der Waals surface area contributed by atoms with Crippen molar-refractivity contribution < 1.29 is 19.0 Å². The van der Waals surface area contributed by atoms with E-state index in [9.17, 15) is 4.79 Å². The number of nitrogens with one attached hydrogen (secondary N) is 2. The standard InChI is InChI=1S/C22H27N3O4S/c1-14-10-17-21(30-14)16(13-25-6-8-29-9-7-25)20(24-17)22(26)23-12-15-4-5-18(27-2)19(11-15)28-3/h4-5,10-11,24H,6-9,12-13H2,1-3H3,(H,23,26). The van der Waals surface area contributed by atoms with E-state index in [4.69, 9.17) is 14.2 Å². The molecule has 1 saturated heterocycles. The van der Waals surface area contributed by atoms with Crippen molar-refractivity contribution in [3.8, 4) is 11.5 Å². The lowest BCUT2D eigenvalue weighted by molar-refractivity contribution is 0.0342. The summed E-state index contributed by atoms with van der Waals surface area (Å²) in [5.74, 6) is 1.21. The first-order valence-corrected chi connectivity index (χ1v) is 10.8. The van der Waals surface area contributed by atoms with Crippen LogP contribution in [0, 0.1) is 6.92 Å². The number of nitrogens with zero attached hydrogens (tertiary/aromatic N) is 1. The van der Waals surface area contributed by atoms with Crippen LogP contribution in [0.15, 0.2) is 24.3 Å². The van der Waals surface area contributed by atoms with Gasteiger partial charge in [0.05, 0.1) is 37.6 Å². The minimum absolute atomic E-state index is 0.103. The van der Waals surface area contributed by atoms with E-state index in [0.29, 0.717) is 23.7 Å². The molecule has 0 saturated carbocycles. The van der Waals surface area contributed by atoms with Crippen LogP contribution in [0.25, 0.3) is 10.2 Å². The van der Waals surface area contributed by atoms with Crippen LogP contribution in [-0.4, -0.2) is 56.3 Å². The lowest BCUT2D eigenvalue weighted by Crippen LogP contribution is -2.36. The second-order valence-electron chi connectivity index (χ2n) is 7.34. The number of carbonyl (C=O) groups is 1. The van der Waals surface area contributed by atoms with Gasteiger partial charge in [0.2, 0.25) is 0 Å². The number of aromatic amines is 1. The molecular formula is C22H27N3O4S. The van der Waals surface area contributed by atoms with Gasteiger partial charge in [0, 0.05) is 36.6 Å². The third kappa shape index (κ3) is 4.30. The highest BCUT2D eigenvalue weighted by Crippen LogP contribution is 2.32. The molecule has 8 heteroatoms. The van der Waals surface area contributed by atoms with Crippen molar-refractivity contribution in [1.29, 1.82) is 0 Å². The molecule has 0 aliphatic carbocycles. The topological polar surface area (TPSA) is 75.8 Å². The van der Waals surface area contributed by atoms with Crippen molar-refractivity contribution >= 4 is 27.5 Å². The monoisotopic (exact) mass is 429 g/mol. The zero-order valence-electron chi connectivity index (χ0n) is 17.5. The Morgan fingerprint density at radius 1 is 1.20 bits per heavy atom. The fourth-order valence-electron chi connectivity index (χ4n) is 3.74. The number of carbonyl (C=O) groups excluding carboxylic acids is 1. The van der Waals surface area contributed by atoms with Crippen LogP contribution in [0.2, 0.25) is 0 Å². The summed E-state index contributed by atoms with van der Waals surface area (Å²) in [5, 5.41) is 3.04. The Kier molecular flexibility index (Phi) is 6.26. The van der Waals surface area contributed by atoms with Crippen molar-refractivity contribution in [2.75, 3.05) is 40.5 Å². The number of hydrogen-bond acceptors (Lipinski definition) is 6. The highest BCUT2D eigenvalue weighted by atomic mass is 32.1. The molecule has 3 heterocycles. The van der Waals surface area contributed by atoms with Crippen molar-refractivity contribution in [3.05, 3.63) is 46.0 Å². The zero-order chi connectivity index (χ0) is 21.1. The molecule has 7 nitrogen and oxygen atoms in total. The summed E-state index contributed by atoms with van der Waals surface area (Å²) in [5.41, 5.74) is 3.68. The Morgan fingerprint density at radius 3 is 2.70 bits per heavy atom. The van der Waals surface area contributed by atoms with E-state index in [0.717, 1.165) is 54.2 Å². The van der Waals surface area contributed by atoms with Gasteiger partial charge in [-0.2, -0.15) is 0 Å². The first-order chi connectivity index (χ1) is 14.6. The lowest BCUT2D eigenvalue weighted by atomic mass is 10.1. The second-order valence-corrected chi connectivity index (χ2v) is 8.60. The summed E-state index contributed by atoms with van der Waals surface area (Å²) in [6, 6.07) is 7.75. The van der Waals surface area contributed by atoms with Gasteiger partial charge >= 0.3 is 0 Å². The Bertz CT molecular complexity index is 1040. The fourth-order valence-corrected chi connectivity index (χ4v) is 4.75. The van der Waals surface area contributed by atoms with Crippen LogP contribution < -0.4 is 14.8 Å². The van der Waals surface area contributed by atoms with Crippen molar-refractivity contribution in [2.24, 2.45) is 0 Å². The molecular weight excluding hydrogens is 402 g/mol. The molecule has 30 heavy (non-hydrogen) atoms. The molecule has 160 valence electrons. The molecule has 1 amide bonds. The van der Waals surface area contributed by atoms with Crippen LogP contribution in [0.5, 0.6) is 11.5 Å². The number of thiophene rings is 1. The maximum Gasteiger partial charge on any atom is 0.268 e. The van der Waals surface area contributed by atoms with E-state index >= 15 is 0 Å². The normalized spacial score (nSPS) is 14.8. The molecule has 0 atom stereocenters. The average Bonchev–Trinajstić information content (AvgIpc) is 3.29. The highest BCUT2D eigenvalue weighted by Gasteiger charge is 2.22. The van der Waals surface area contributed by atoms with Gasteiger partial charge in [0.25, 0.3) is 5.91 Å². The summed E-state index contributed by atoms with van der Waals surface area (Å²) in [6.07, 6.45) is 0. The maximum atomic E-state index is 13.1. The summed E-state index contributed by atoms with van der Waals surface area (Å²) >= 11 is 1.73. The number of amides is 1. The smallest absolute Gasteiger partial charge is 0.268 e. The number of benzene rings is 1. The third-order valence-electron chi connectivity index (χ3n) is 5.30. The number of fused-ring (bicyclic) bond motifs is 1. The predicted octanol–water partition coefficient (Wildman–Crippen LogP) is 3.32. The predicted molar refractivity (Wildman–Crippen MR) is 118 cm³/mol. The molecule has 1 aliphatic rings. The van der Waals surface area contributed by atoms with Gasteiger partial charge in [-0.15, -0.1) is 11.3 Å². The lowest BCUT2D eigenvalue weighted by Gasteiger charge is -2.26. The van der Waals surface area contributed by atoms with E-state index in [1.165, 1.54) is 4.88 Å². The summed E-state index contributed by atoms with van der Waals surface area (Å²) in [7, 11) is 3.21.